The van der Waals surface area contributed by atoms with E-state index < -0.39 is 0 Å². The molecule has 0 aliphatic heterocycles. The zero-order chi connectivity index (χ0) is 15.2. The van der Waals surface area contributed by atoms with Gasteiger partial charge in [0.2, 0.25) is 0 Å². The number of halogens is 1. The molecule has 0 saturated heterocycles. The van der Waals surface area contributed by atoms with E-state index in [4.69, 9.17) is 0 Å². The quantitative estimate of drug-likeness (QED) is 0.667. The summed E-state index contributed by atoms with van der Waals surface area (Å²) < 4.78 is 1.24. The Morgan fingerprint density at radius 2 is 1.70 bits per heavy atom. The van der Waals surface area contributed by atoms with Crippen molar-refractivity contribution in [3.8, 4) is 0 Å². The van der Waals surface area contributed by atoms with Gasteiger partial charge in [0.05, 0.1) is 0 Å². The normalized spacial score (nSPS) is 13.8. The molecule has 2 heteroatoms. The Labute approximate surface area is 133 Å². The van der Waals surface area contributed by atoms with E-state index >= 15 is 0 Å². The minimum absolute atomic E-state index is 0.174. The van der Waals surface area contributed by atoms with Gasteiger partial charge in [0.25, 0.3) is 0 Å². The first-order valence-electron chi connectivity index (χ1n) is 7.86. The molecule has 1 rings (SSSR count). The molecule has 0 radical (unpaired) electrons. The standard InChI is InChI=1S/C18H30BrN/c1-6-14(7-2)12-15(13-20-18(3,4)5)16-10-8-9-11-17(16)19/h8-11,14-15,20H,6-7,12-13H2,1-5H3. The Bertz CT molecular complexity index is 391. The van der Waals surface area contributed by atoms with Crippen LogP contribution in [0.4, 0.5) is 0 Å². The summed E-state index contributed by atoms with van der Waals surface area (Å²) in [6.07, 6.45) is 3.80. The summed E-state index contributed by atoms with van der Waals surface area (Å²) in [5, 5.41) is 3.68. The number of benzene rings is 1. The van der Waals surface area contributed by atoms with Crippen molar-refractivity contribution in [2.24, 2.45) is 5.92 Å². The fourth-order valence-corrected chi connectivity index (χ4v) is 3.19. The van der Waals surface area contributed by atoms with Crippen molar-refractivity contribution < 1.29 is 0 Å². The van der Waals surface area contributed by atoms with Gasteiger partial charge in [-0.05, 0) is 50.7 Å². The first-order valence-corrected chi connectivity index (χ1v) is 8.66. The SMILES string of the molecule is CCC(CC)CC(CNC(C)(C)C)c1ccccc1Br. The Kier molecular flexibility index (Phi) is 7.25. The summed E-state index contributed by atoms with van der Waals surface area (Å²) in [6, 6.07) is 8.67. The minimum atomic E-state index is 0.174. The largest absolute Gasteiger partial charge is 0.311 e. The van der Waals surface area contributed by atoms with E-state index in [0.717, 1.165) is 12.5 Å². The van der Waals surface area contributed by atoms with Gasteiger partial charge in [0.15, 0.2) is 0 Å². The lowest BCUT2D eigenvalue weighted by atomic mass is 9.85. The van der Waals surface area contributed by atoms with Crippen LogP contribution in [0.25, 0.3) is 0 Å². The van der Waals surface area contributed by atoms with Gasteiger partial charge in [-0.1, -0.05) is 60.8 Å². The number of nitrogens with one attached hydrogen (secondary N) is 1. The Hall–Kier alpha value is -0.340. The average molecular weight is 340 g/mol. The molecule has 0 amide bonds. The lowest BCUT2D eigenvalue weighted by Gasteiger charge is -2.28. The number of rotatable bonds is 7. The lowest BCUT2D eigenvalue weighted by Crippen LogP contribution is -2.39. The van der Waals surface area contributed by atoms with Crippen molar-refractivity contribution in [2.75, 3.05) is 6.54 Å². The molecule has 1 N–H and O–H groups in total. The molecule has 1 unspecified atom stereocenters. The monoisotopic (exact) mass is 339 g/mol. The highest BCUT2D eigenvalue weighted by molar-refractivity contribution is 9.10. The van der Waals surface area contributed by atoms with Crippen LogP contribution in [0.5, 0.6) is 0 Å². The van der Waals surface area contributed by atoms with Gasteiger partial charge in [-0.15, -0.1) is 0 Å². The molecule has 1 nitrogen and oxygen atoms in total. The molecule has 0 saturated carbocycles. The van der Waals surface area contributed by atoms with E-state index in [0.29, 0.717) is 5.92 Å². The average Bonchev–Trinajstić information content (AvgIpc) is 2.39. The first-order chi connectivity index (χ1) is 9.37. The predicted octanol–water partition coefficient (Wildman–Crippen LogP) is 5.75. The molecule has 0 spiro atoms. The predicted molar refractivity (Wildman–Crippen MR) is 93.3 cm³/mol. The first kappa shape index (κ1) is 17.7. The molecule has 0 aromatic heterocycles. The molecule has 0 aliphatic rings. The van der Waals surface area contributed by atoms with Crippen LogP contribution in [0.3, 0.4) is 0 Å². The third-order valence-electron chi connectivity index (χ3n) is 4.00. The summed E-state index contributed by atoms with van der Waals surface area (Å²) in [5.41, 5.74) is 1.61. The van der Waals surface area contributed by atoms with E-state index in [1.165, 1.54) is 29.3 Å². The van der Waals surface area contributed by atoms with Gasteiger partial charge in [0, 0.05) is 16.6 Å². The second kappa shape index (κ2) is 8.19. The van der Waals surface area contributed by atoms with Crippen molar-refractivity contribution in [1.29, 1.82) is 0 Å². The molecule has 1 atom stereocenters. The van der Waals surface area contributed by atoms with E-state index in [1.54, 1.807) is 0 Å². The molecule has 20 heavy (non-hydrogen) atoms. The summed E-state index contributed by atoms with van der Waals surface area (Å²) in [5.74, 6) is 1.39. The van der Waals surface area contributed by atoms with Gasteiger partial charge >= 0.3 is 0 Å². The maximum atomic E-state index is 3.72. The Morgan fingerprint density at radius 3 is 2.20 bits per heavy atom. The highest BCUT2D eigenvalue weighted by Gasteiger charge is 2.20. The molecule has 1 aromatic carbocycles. The fraction of sp³-hybridized carbons (Fsp3) is 0.667. The molecular weight excluding hydrogens is 310 g/mol. The van der Waals surface area contributed by atoms with Crippen molar-refractivity contribution >= 4 is 15.9 Å². The van der Waals surface area contributed by atoms with Crippen molar-refractivity contribution in [2.45, 2.75) is 65.3 Å². The minimum Gasteiger partial charge on any atom is -0.311 e. The van der Waals surface area contributed by atoms with Crippen molar-refractivity contribution in [3.63, 3.8) is 0 Å². The van der Waals surface area contributed by atoms with Crippen LogP contribution in [0.2, 0.25) is 0 Å². The second-order valence-electron chi connectivity index (χ2n) is 6.77. The second-order valence-corrected chi connectivity index (χ2v) is 7.62. The highest BCUT2D eigenvalue weighted by atomic mass is 79.9. The zero-order valence-electron chi connectivity index (χ0n) is 13.7. The van der Waals surface area contributed by atoms with Gasteiger partial charge in [-0.3, -0.25) is 0 Å². The zero-order valence-corrected chi connectivity index (χ0v) is 15.3. The van der Waals surface area contributed by atoms with Crippen LogP contribution in [0.15, 0.2) is 28.7 Å². The Morgan fingerprint density at radius 1 is 1.10 bits per heavy atom. The van der Waals surface area contributed by atoms with E-state index in [2.05, 4.69) is 80.1 Å². The summed E-state index contributed by atoms with van der Waals surface area (Å²) in [6.45, 7) is 12.4. The van der Waals surface area contributed by atoms with E-state index in [9.17, 15) is 0 Å². The maximum Gasteiger partial charge on any atom is 0.0210 e. The fourth-order valence-electron chi connectivity index (χ4n) is 2.58. The van der Waals surface area contributed by atoms with E-state index in [-0.39, 0.29) is 5.54 Å². The highest BCUT2D eigenvalue weighted by Crippen LogP contribution is 2.31. The maximum absolute atomic E-state index is 3.72. The van der Waals surface area contributed by atoms with Crippen LogP contribution in [0.1, 0.15) is 65.4 Å². The van der Waals surface area contributed by atoms with Gasteiger partial charge in [0.1, 0.15) is 0 Å². The van der Waals surface area contributed by atoms with E-state index in [1.807, 2.05) is 0 Å². The van der Waals surface area contributed by atoms with Crippen molar-refractivity contribution in [3.05, 3.63) is 34.3 Å². The third-order valence-corrected chi connectivity index (χ3v) is 4.72. The van der Waals surface area contributed by atoms with Crippen LogP contribution in [0, 0.1) is 5.92 Å². The topological polar surface area (TPSA) is 12.0 Å². The molecule has 114 valence electrons. The number of hydrogen-bond acceptors (Lipinski definition) is 1. The van der Waals surface area contributed by atoms with Gasteiger partial charge in [-0.2, -0.15) is 0 Å². The van der Waals surface area contributed by atoms with Crippen LogP contribution in [-0.4, -0.2) is 12.1 Å². The van der Waals surface area contributed by atoms with Crippen LogP contribution < -0.4 is 5.32 Å². The molecule has 1 aromatic rings. The third kappa shape index (κ3) is 5.97. The summed E-state index contributed by atoms with van der Waals surface area (Å²) in [4.78, 5) is 0. The molecule has 0 fully saturated rings. The molecular formula is C18H30BrN. The molecule has 0 aliphatic carbocycles. The van der Waals surface area contributed by atoms with Gasteiger partial charge < -0.3 is 5.32 Å². The summed E-state index contributed by atoms with van der Waals surface area (Å²) in [7, 11) is 0. The number of hydrogen-bond donors (Lipinski definition) is 1. The molecule has 0 bridgehead atoms. The van der Waals surface area contributed by atoms with Crippen LogP contribution in [-0.2, 0) is 0 Å². The Balaban J connectivity index is 2.86. The lowest BCUT2D eigenvalue weighted by molar-refractivity contribution is 0.356. The molecule has 0 heterocycles. The smallest absolute Gasteiger partial charge is 0.0210 e. The van der Waals surface area contributed by atoms with Gasteiger partial charge in [-0.25, -0.2) is 0 Å². The van der Waals surface area contributed by atoms with Crippen molar-refractivity contribution in [1.82, 2.24) is 5.32 Å². The van der Waals surface area contributed by atoms with Crippen LogP contribution >= 0.6 is 15.9 Å². The summed E-state index contributed by atoms with van der Waals surface area (Å²) >= 11 is 3.72.